The van der Waals surface area contributed by atoms with Crippen LogP contribution >= 0.6 is 11.6 Å². The highest BCUT2D eigenvalue weighted by Gasteiger charge is 2.12. The minimum atomic E-state index is 0.245. The molecule has 0 spiro atoms. The average molecular weight is 377 g/mol. The van der Waals surface area contributed by atoms with Crippen molar-refractivity contribution >= 4 is 33.7 Å². The molecule has 0 radical (unpaired) electrons. The van der Waals surface area contributed by atoms with Crippen molar-refractivity contribution in [3.05, 3.63) is 71.9 Å². The van der Waals surface area contributed by atoms with E-state index in [9.17, 15) is 0 Å². The molecule has 0 amide bonds. The molecule has 0 aliphatic carbocycles. The number of hydrogen-bond donors (Lipinski definition) is 0. The van der Waals surface area contributed by atoms with Crippen LogP contribution in [-0.4, -0.2) is 20.1 Å². The Bertz CT molecular complexity index is 1120. The van der Waals surface area contributed by atoms with Gasteiger partial charge in [-0.3, -0.25) is 4.98 Å². The van der Waals surface area contributed by atoms with E-state index >= 15 is 0 Å². The molecule has 0 aliphatic heterocycles. The molecule has 2 heterocycles. The monoisotopic (exact) mass is 376 g/mol. The molecule has 4 rings (SSSR count). The van der Waals surface area contributed by atoms with Crippen LogP contribution in [0.1, 0.15) is 36.9 Å². The molecule has 0 saturated carbocycles. The second-order valence-corrected chi connectivity index (χ2v) is 6.88. The Kier molecular flexibility index (Phi) is 4.69. The standard InChI is InChI=1S/C21H17ClN4O/c1-13(2)14-7-9-15(10-8-14)20-25-21(27-26-20)17(22)11-16-12-23-18-5-3-4-6-19(18)24-16/h3-13H,1-2H3/b17-11-. The lowest BCUT2D eigenvalue weighted by molar-refractivity contribution is 0.410. The first-order valence-electron chi connectivity index (χ1n) is 8.63. The number of benzene rings is 2. The van der Waals surface area contributed by atoms with Crippen LogP contribution in [0.3, 0.4) is 0 Å². The molecule has 134 valence electrons. The van der Waals surface area contributed by atoms with E-state index in [4.69, 9.17) is 16.1 Å². The first-order chi connectivity index (χ1) is 13.1. The van der Waals surface area contributed by atoms with Gasteiger partial charge in [0.1, 0.15) is 5.03 Å². The second-order valence-electron chi connectivity index (χ2n) is 6.48. The lowest BCUT2D eigenvalue weighted by Crippen LogP contribution is -1.88. The summed E-state index contributed by atoms with van der Waals surface area (Å²) in [7, 11) is 0. The van der Waals surface area contributed by atoms with Crippen LogP contribution in [0.2, 0.25) is 0 Å². The Morgan fingerprint density at radius 3 is 2.48 bits per heavy atom. The fourth-order valence-electron chi connectivity index (χ4n) is 2.69. The fourth-order valence-corrected chi connectivity index (χ4v) is 2.88. The van der Waals surface area contributed by atoms with Crippen LogP contribution in [0.5, 0.6) is 0 Å². The Hall–Kier alpha value is -3.05. The van der Waals surface area contributed by atoms with E-state index in [0.29, 0.717) is 22.5 Å². The van der Waals surface area contributed by atoms with E-state index in [2.05, 4.69) is 46.1 Å². The summed E-state index contributed by atoms with van der Waals surface area (Å²) >= 11 is 6.36. The predicted molar refractivity (Wildman–Crippen MR) is 107 cm³/mol. The van der Waals surface area contributed by atoms with Crippen molar-refractivity contribution in [1.29, 1.82) is 0 Å². The molecule has 4 aromatic rings. The second kappa shape index (κ2) is 7.29. The molecule has 0 bridgehead atoms. The zero-order valence-corrected chi connectivity index (χ0v) is 15.7. The molecule has 0 saturated heterocycles. The van der Waals surface area contributed by atoms with Gasteiger partial charge in [0.05, 0.1) is 22.9 Å². The van der Waals surface area contributed by atoms with Crippen molar-refractivity contribution < 1.29 is 4.52 Å². The summed E-state index contributed by atoms with van der Waals surface area (Å²) in [6, 6.07) is 15.8. The van der Waals surface area contributed by atoms with Crippen molar-refractivity contribution in [3.8, 4) is 11.4 Å². The molecule has 2 aromatic heterocycles. The number of rotatable bonds is 4. The first kappa shape index (κ1) is 17.4. The van der Waals surface area contributed by atoms with E-state index in [-0.39, 0.29) is 5.89 Å². The third kappa shape index (κ3) is 3.73. The Balaban J connectivity index is 1.60. The molecule has 0 aliphatic rings. The molecule has 0 fully saturated rings. The highest BCUT2D eigenvalue weighted by Crippen LogP contribution is 2.25. The largest absolute Gasteiger partial charge is 0.333 e. The molecule has 0 atom stereocenters. The minimum Gasteiger partial charge on any atom is -0.333 e. The summed E-state index contributed by atoms with van der Waals surface area (Å²) < 4.78 is 5.31. The quantitative estimate of drug-likeness (QED) is 0.467. The van der Waals surface area contributed by atoms with Gasteiger partial charge in [-0.25, -0.2) is 4.98 Å². The molecular weight excluding hydrogens is 360 g/mol. The van der Waals surface area contributed by atoms with Gasteiger partial charge in [0.25, 0.3) is 5.89 Å². The van der Waals surface area contributed by atoms with Crippen LogP contribution in [0.4, 0.5) is 0 Å². The van der Waals surface area contributed by atoms with Crippen molar-refractivity contribution in [3.63, 3.8) is 0 Å². The summed E-state index contributed by atoms with van der Waals surface area (Å²) in [5.41, 5.74) is 4.39. The van der Waals surface area contributed by atoms with Crippen molar-refractivity contribution in [1.82, 2.24) is 20.1 Å². The highest BCUT2D eigenvalue weighted by atomic mass is 35.5. The van der Waals surface area contributed by atoms with Crippen molar-refractivity contribution in [2.45, 2.75) is 19.8 Å². The maximum Gasteiger partial charge on any atom is 0.269 e. The van der Waals surface area contributed by atoms with Crippen LogP contribution in [0, 0.1) is 0 Å². The predicted octanol–water partition coefficient (Wildman–Crippen LogP) is 5.54. The number of para-hydroxylation sites is 2. The maximum atomic E-state index is 6.36. The maximum absolute atomic E-state index is 6.36. The number of nitrogens with zero attached hydrogens (tertiary/aromatic N) is 4. The molecule has 0 unspecified atom stereocenters. The fraction of sp³-hybridized carbons (Fsp3) is 0.143. The minimum absolute atomic E-state index is 0.245. The summed E-state index contributed by atoms with van der Waals surface area (Å²) in [5, 5.41) is 4.34. The zero-order chi connectivity index (χ0) is 18.8. The normalized spacial score (nSPS) is 12.1. The number of aromatic nitrogens is 4. The van der Waals surface area contributed by atoms with Crippen LogP contribution in [-0.2, 0) is 0 Å². The molecule has 2 aromatic carbocycles. The van der Waals surface area contributed by atoms with E-state index in [1.54, 1.807) is 12.3 Å². The van der Waals surface area contributed by atoms with Gasteiger partial charge in [0, 0.05) is 5.56 Å². The summed E-state index contributed by atoms with van der Waals surface area (Å²) in [5.74, 6) is 1.21. The van der Waals surface area contributed by atoms with E-state index in [1.807, 2.05) is 36.4 Å². The van der Waals surface area contributed by atoms with Crippen molar-refractivity contribution in [2.75, 3.05) is 0 Å². The summed E-state index contributed by atoms with van der Waals surface area (Å²) in [4.78, 5) is 13.3. The molecule has 5 nitrogen and oxygen atoms in total. The summed E-state index contributed by atoms with van der Waals surface area (Å²) in [6.45, 7) is 4.31. The number of halogens is 1. The van der Waals surface area contributed by atoms with Gasteiger partial charge in [0.2, 0.25) is 5.82 Å². The van der Waals surface area contributed by atoms with Crippen LogP contribution in [0.25, 0.3) is 33.5 Å². The van der Waals surface area contributed by atoms with Crippen LogP contribution in [0.15, 0.2) is 59.3 Å². The Labute approximate surface area is 161 Å². The van der Waals surface area contributed by atoms with Gasteiger partial charge >= 0.3 is 0 Å². The topological polar surface area (TPSA) is 64.7 Å². The molecule has 0 N–H and O–H groups in total. The highest BCUT2D eigenvalue weighted by molar-refractivity contribution is 6.50. The van der Waals surface area contributed by atoms with Gasteiger partial charge in [-0.1, -0.05) is 67.0 Å². The average Bonchev–Trinajstić information content (AvgIpc) is 3.18. The Morgan fingerprint density at radius 1 is 1.00 bits per heavy atom. The molecular formula is C21H17ClN4O. The Morgan fingerprint density at radius 2 is 1.74 bits per heavy atom. The van der Waals surface area contributed by atoms with E-state index < -0.39 is 0 Å². The lowest BCUT2D eigenvalue weighted by Gasteiger charge is -2.04. The first-order valence-corrected chi connectivity index (χ1v) is 9.01. The lowest BCUT2D eigenvalue weighted by atomic mass is 10.0. The smallest absolute Gasteiger partial charge is 0.269 e. The van der Waals surface area contributed by atoms with Crippen LogP contribution < -0.4 is 0 Å². The summed E-state index contributed by atoms with van der Waals surface area (Å²) in [6.07, 6.45) is 3.33. The third-order valence-electron chi connectivity index (χ3n) is 4.21. The van der Waals surface area contributed by atoms with E-state index in [0.717, 1.165) is 16.6 Å². The van der Waals surface area contributed by atoms with Gasteiger partial charge in [-0.2, -0.15) is 4.98 Å². The molecule has 27 heavy (non-hydrogen) atoms. The van der Waals surface area contributed by atoms with Gasteiger partial charge in [-0.05, 0) is 29.7 Å². The van der Waals surface area contributed by atoms with Gasteiger partial charge in [0.15, 0.2) is 0 Å². The van der Waals surface area contributed by atoms with Gasteiger partial charge in [-0.15, -0.1) is 0 Å². The van der Waals surface area contributed by atoms with E-state index in [1.165, 1.54) is 5.56 Å². The SMILES string of the molecule is CC(C)c1ccc(-c2noc(/C(Cl)=C/c3cnc4ccccc4n3)n2)cc1. The molecule has 6 heteroatoms. The zero-order valence-electron chi connectivity index (χ0n) is 14.9. The van der Waals surface area contributed by atoms with Gasteiger partial charge < -0.3 is 4.52 Å². The van der Waals surface area contributed by atoms with Crippen molar-refractivity contribution in [2.24, 2.45) is 0 Å². The third-order valence-corrected chi connectivity index (χ3v) is 4.48. The number of fused-ring (bicyclic) bond motifs is 1. The number of hydrogen-bond acceptors (Lipinski definition) is 5.